The smallest absolute Gasteiger partial charge is 0.272 e. The Kier molecular flexibility index (Phi) is 4.33. The molecule has 1 amide bonds. The van der Waals surface area contributed by atoms with Gasteiger partial charge >= 0.3 is 0 Å². The fraction of sp³-hybridized carbons (Fsp3) is 0.150. The molecule has 7 heteroatoms. The first kappa shape index (κ1) is 16.8. The molecular formula is C20H19N5O2. The van der Waals surface area contributed by atoms with Crippen molar-refractivity contribution < 1.29 is 9.21 Å². The quantitative estimate of drug-likeness (QED) is 0.548. The van der Waals surface area contributed by atoms with Gasteiger partial charge in [0.05, 0.1) is 18.1 Å². The summed E-state index contributed by atoms with van der Waals surface area (Å²) in [6.45, 7) is 0.461. The minimum atomic E-state index is -0.131. The van der Waals surface area contributed by atoms with Crippen LogP contribution in [-0.4, -0.2) is 37.4 Å². The third-order valence-corrected chi connectivity index (χ3v) is 4.23. The van der Waals surface area contributed by atoms with E-state index < -0.39 is 0 Å². The highest BCUT2D eigenvalue weighted by atomic mass is 16.3. The van der Waals surface area contributed by atoms with Crippen LogP contribution in [0, 0.1) is 0 Å². The van der Waals surface area contributed by atoms with Crippen molar-refractivity contribution in [1.29, 1.82) is 0 Å². The maximum absolute atomic E-state index is 13.1. The van der Waals surface area contributed by atoms with E-state index in [9.17, 15) is 4.79 Å². The van der Waals surface area contributed by atoms with Gasteiger partial charge in [-0.2, -0.15) is 10.2 Å². The molecule has 0 spiro atoms. The number of aryl methyl sites for hydroxylation is 1. The van der Waals surface area contributed by atoms with Gasteiger partial charge in [-0.15, -0.1) is 0 Å². The van der Waals surface area contributed by atoms with Crippen LogP contribution in [0.3, 0.4) is 0 Å². The molecule has 0 saturated heterocycles. The predicted molar refractivity (Wildman–Crippen MR) is 100 cm³/mol. The Morgan fingerprint density at radius 1 is 1.19 bits per heavy atom. The van der Waals surface area contributed by atoms with E-state index in [1.807, 2.05) is 49.6 Å². The molecule has 4 rings (SSSR count). The van der Waals surface area contributed by atoms with Crippen LogP contribution < -0.4 is 0 Å². The van der Waals surface area contributed by atoms with Gasteiger partial charge in [-0.05, 0) is 24.3 Å². The Morgan fingerprint density at radius 2 is 2.00 bits per heavy atom. The molecule has 0 atom stereocenters. The fourth-order valence-electron chi connectivity index (χ4n) is 2.94. The Labute approximate surface area is 156 Å². The first-order valence-corrected chi connectivity index (χ1v) is 8.54. The predicted octanol–water partition coefficient (Wildman–Crippen LogP) is 3.14. The number of carbonyl (C=O) groups excluding carboxylic acids is 1. The van der Waals surface area contributed by atoms with Crippen molar-refractivity contribution in [2.45, 2.75) is 6.54 Å². The summed E-state index contributed by atoms with van der Waals surface area (Å²) in [6, 6.07) is 15.0. The van der Waals surface area contributed by atoms with Crippen molar-refractivity contribution in [2.75, 3.05) is 7.05 Å². The first-order valence-electron chi connectivity index (χ1n) is 8.54. The molecular weight excluding hydrogens is 342 g/mol. The zero-order chi connectivity index (χ0) is 18.8. The minimum Gasteiger partial charge on any atom is -0.463 e. The fourth-order valence-corrected chi connectivity index (χ4v) is 2.94. The van der Waals surface area contributed by atoms with Gasteiger partial charge in [0.1, 0.15) is 11.4 Å². The zero-order valence-corrected chi connectivity index (χ0v) is 15.1. The lowest BCUT2D eigenvalue weighted by molar-refractivity contribution is 0.0776. The second kappa shape index (κ2) is 6.95. The summed E-state index contributed by atoms with van der Waals surface area (Å²) >= 11 is 0. The van der Waals surface area contributed by atoms with Crippen molar-refractivity contribution in [1.82, 2.24) is 24.5 Å². The summed E-state index contributed by atoms with van der Waals surface area (Å²) in [5, 5.41) is 8.75. The van der Waals surface area contributed by atoms with Gasteiger partial charge in [0.2, 0.25) is 0 Å². The molecule has 0 aliphatic rings. The molecule has 0 unspecified atom stereocenters. The van der Waals surface area contributed by atoms with Gasteiger partial charge in [-0.1, -0.05) is 18.2 Å². The number of rotatable bonds is 5. The van der Waals surface area contributed by atoms with E-state index in [2.05, 4.69) is 10.2 Å². The summed E-state index contributed by atoms with van der Waals surface area (Å²) in [5.41, 5.74) is 2.86. The number of para-hydroxylation sites is 1. The van der Waals surface area contributed by atoms with E-state index in [1.165, 1.54) is 0 Å². The molecule has 0 aliphatic carbocycles. The van der Waals surface area contributed by atoms with Crippen LogP contribution >= 0.6 is 0 Å². The zero-order valence-electron chi connectivity index (χ0n) is 15.1. The van der Waals surface area contributed by atoms with Crippen molar-refractivity contribution >= 4 is 5.91 Å². The van der Waals surface area contributed by atoms with Gasteiger partial charge in [0.25, 0.3) is 5.91 Å². The van der Waals surface area contributed by atoms with E-state index in [1.54, 1.807) is 45.9 Å². The average molecular weight is 361 g/mol. The van der Waals surface area contributed by atoms with Gasteiger partial charge in [0.15, 0.2) is 5.76 Å². The number of aromatic nitrogens is 4. The second-order valence-corrected chi connectivity index (χ2v) is 6.32. The molecule has 0 aliphatic heterocycles. The standard InChI is InChI=1S/C20H19N5O2/c1-23(13-15-12-21-24(2)14-15)20(26)18-11-17(19-9-6-10-27-19)22-25(18)16-7-4-3-5-8-16/h3-12,14H,13H2,1-2H3. The van der Waals surface area contributed by atoms with Crippen LogP contribution in [0.15, 0.2) is 71.6 Å². The highest BCUT2D eigenvalue weighted by Gasteiger charge is 2.22. The van der Waals surface area contributed by atoms with Crippen LogP contribution in [0.4, 0.5) is 0 Å². The summed E-state index contributed by atoms with van der Waals surface area (Å²) in [4.78, 5) is 14.8. The van der Waals surface area contributed by atoms with E-state index in [-0.39, 0.29) is 5.91 Å². The molecule has 27 heavy (non-hydrogen) atoms. The number of amides is 1. The molecule has 0 saturated carbocycles. The second-order valence-electron chi connectivity index (χ2n) is 6.32. The molecule has 0 radical (unpaired) electrons. The lowest BCUT2D eigenvalue weighted by Gasteiger charge is -2.17. The maximum Gasteiger partial charge on any atom is 0.272 e. The van der Waals surface area contributed by atoms with E-state index in [0.29, 0.717) is 23.7 Å². The molecule has 7 nitrogen and oxygen atoms in total. The van der Waals surface area contributed by atoms with Gasteiger partial charge in [-0.25, -0.2) is 4.68 Å². The summed E-state index contributed by atoms with van der Waals surface area (Å²) in [6.07, 6.45) is 5.24. The van der Waals surface area contributed by atoms with E-state index in [4.69, 9.17) is 4.42 Å². The minimum absolute atomic E-state index is 0.131. The average Bonchev–Trinajstić information content (AvgIpc) is 3.42. The molecule has 0 N–H and O–H groups in total. The number of benzene rings is 1. The van der Waals surface area contributed by atoms with Crippen LogP contribution in [-0.2, 0) is 13.6 Å². The van der Waals surface area contributed by atoms with Crippen LogP contribution in [0.5, 0.6) is 0 Å². The molecule has 4 aromatic rings. The van der Waals surface area contributed by atoms with Gasteiger partial charge in [-0.3, -0.25) is 9.48 Å². The summed E-state index contributed by atoms with van der Waals surface area (Å²) in [5.74, 6) is 0.488. The molecule has 0 bridgehead atoms. The number of nitrogens with zero attached hydrogens (tertiary/aromatic N) is 5. The Morgan fingerprint density at radius 3 is 2.67 bits per heavy atom. The molecule has 1 aromatic carbocycles. The molecule has 136 valence electrons. The normalized spacial score (nSPS) is 10.9. The summed E-state index contributed by atoms with van der Waals surface area (Å²) in [7, 11) is 3.62. The Balaban J connectivity index is 1.70. The van der Waals surface area contributed by atoms with Gasteiger partial charge in [0, 0.05) is 38.5 Å². The maximum atomic E-state index is 13.1. The third-order valence-electron chi connectivity index (χ3n) is 4.23. The van der Waals surface area contributed by atoms with Crippen molar-refractivity contribution in [3.8, 4) is 17.1 Å². The van der Waals surface area contributed by atoms with Crippen molar-refractivity contribution in [2.24, 2.45) is 7.05 Å². The number of hydrogen-bond acceptors (Lipinski definition) is 4. The van der Waals surface area contributed by atoms with Crippen LogP contribution in [0.25, 0.3) is 17.1 Å². The number of hydrogen-bond donors (Lipinski definition) is 0. The lowest BCUT2D eigenvalue weighted by atomic mass is 10.2. The van der Waals surface area contributed by atoms with E-state index >= 15 is 0 Å². The highest BCUT2D eigenvalue weighted by Crippen LogP contribution is 2.23. The Hall–Kier alpha value is -3.61. The lowest BCUT2D eigenvalue weighted by Crippen LogP contribution is -2.28. The highest BCUT2D eigenvalue weighted by molar-refractivity contribution is 5.94. The van der Waals surface area contributed by atoms with Crippen molar-refractivity contribution in [3.05, 3.63) is 78.4 Å². The molecule has 3 aromatic heterocycles. The largest absolute Gasteiger partial charge is 0.463 e. The monoisotopic (exact) mass is 361 g/mol. The number of carbonyl (C=O) groups is 1. The van der Waals surface area contributed by atoms with Crippen LogP contribution in [0.2, 0.25) is 0 Å². The Bertz CT molecular complexity index is 1050. The van der Waals surface area contributed by atoms with Crippen molar-refractivity contribution in [3.63, 3.8) is 0 Å². The SMILES string of the molecule is CN(Cc1cnn(C)c1)C(=O)c1cc(-c2ccco2)nn1-c1ccccc1. The van der Waals surface area contributed by atoms with E-state index in [0.717, 1.165) is 11.3 Å². The topological polar surface area (TPSA) is 69.1 Å². The summed E-state index contributed by atoms with van der Waals surface area (Å²) < 4.78 is 8.82. The molecule has 0 fully saturated rings. The van der Waals surface area contributed by atoms with Crippen LogP contribution in [0.1, 0.15) is 16.1 Å². The first-order chi connectivity index (χ1) is 13.1. The molecule has 3 heterocycles. The number of furan rings is 1. The third kappa shape index (κ3) is 3.39. The van der Waals surface area contributed by atoms with Gasteiger partial charge < -0.3 is 9.32 Å².